The Balaban J connectivity index is 1.81. The molecule has 1 amide bonds. The van der Waals surface area contributed by atoms with Crippen molar-refractivity contribution in [1.29, 1.82) is 0 Å². The molecule has 1 aromatic carbocycles. The van der Waals surface area contributed by atoms with Crippen LogP contribution in [0.5, 0.6) is 0 Å². The molecule has 4 nitrogen and oxygen atoms in total. The summed E-state index contributed by atoms with van der Waals surface area (Å²) in [5.74, 6) is -2.44. The third kappa shape index (κ3) is 2.50. The second-order valence-electron chi connectivity index (χ2n) is 5.82. The van der Waals surface area contributed by atoms with E-state index in [2.05, 4.69) is 5.32 Å². The second kappa shape index (κ2) is 5.30. The number of nitrogens with one attached hydrogen (secondary N) is 1. The minimum absolute atomic E-state index is 0.113. The Labute approximate surface area is 126 Å². The Morgan fingerprint density at radius 2 is 2.00 bits per heavy atom. The maximum Gasteiger partial charge on any atom is 0.308 e. The molecule has 2 aliphatic rings. The van der Waals surface area contributed by atoms with E-state index in [1.54, 1.807) is 0 Å². The van der Waals surface area contributed by atoms with E-state index in [9.17, 15) is 19.1 Å². The first-order chi connectivity index (χ1) is 9.97. The molecule has 0 spiro atoms. The molecule has 1 aromatic rings. The van der Waals surface area contributed by atoms with Gasteiger partial charge in [-0.1, -0.05) is 11.6 Å². The smallest absolute Gasteiger partial charge is 0.308 e. The molecule has 2 bridgehead atoms. The van der Waals surface area contributed by atoms with E-state index in [4.69, 9.17) is 11.6 Å². The maximum absolute atomic E-state index is 13.7. The molecule has 0 heterocycles. The summed E-state index contributed by atoms with van der Waals surface area (Å²) in [5.41, 5.74) is -0.144. The number of carboxylic acids is 1. The van der Waals surface area contributed by atoms with Gasteiger partial charge >= 0.3 is 5.97 Å². The van der Waals surface area contributed by atoms with Crippen molar-refractivity contribution in [3.63, 3.8) is 0 Å². The zero-order chi connectivity index (χ0) is 15.1. The average molecular weight is 312 g/mol. The maximum atomic E-state index is 13.7. The lowest BCUT2D eigenvalue weighted by Crippen LogP contribution is -2.47. The first-order valence-corrected chi connectivity index (χ1v) is 7.34. The van der Waals surface area contributed by atoms with E-state index < -0.39 is 29.7 Å². The van der Waals surface area contributed by atoms with Gasteiger partial charge in [-0.25, -0.2) is 4.39 Å². The summed E-state index contributed by atoms with van der Waals surface area (Å²) in [5, 5.41) is 12.3. The Morgan fingerprint density at radius 3 is 2.71 bits per heavy atom. The molecule has 2 saturated carbocycles. The molecular weight excluding hydrogens is 297 g/mol. The number of carbonyl (C=O) groups is 2. The summed E-state index contributed by atoms with van der Waals surface area (Å²) < 4.78 is 13.7. The van der Waals surface area contributed by atoms with Crippen molar-refractivity contribution in [2.24, 2.45) is 17.8 Å². The summed E-state index contributed by atoms with van der Waals surface area (Å²) >= 11 is 5.78. The molecule has 6 heteroatoms. The highest BCUT2D eigenvalue weighted by Crippen LogP contribution is 2.48. The topological polar surface area (TPSA) is 66.4 Å². The zero-order valence-corrected chi connectivity index (χ0v) is 11.9. The number of halogens is 2. The Bertz CT molecular complexity index is 607. The predicted molar refractivity (Wildman–Crippen MR) is 74.6 cm³/mol. The van der Waals surface area contributed by atoms with Crippen molar-refractivity contribution < 1.29 is 19.1 Å². The standard InChI is InChI=1S/C15H15ClFNO3/c16-9-3-4-11(17)10(6-9)14(19)18-13-8-2-1-7(5-8)12(13)15(20)21/h3-4,6-8,12-13H,1-2,5H2,(H,18,19)(H,20,21). The van der Waals surface area contributed by atoms with Crippen LogP contribution in [0.25, 0.3) is 0 Å². The SMILES string of the molecule is O=C(NC1C2CCC(C2)C1C(=O)O)c1cc(Cl)ccc1F. The van der Waals surface area contributed by atoms with E-state index in [0.717, 1.165) is 25.3 Å². The summed E-state index contributed by atoms with van der Waals surface area (Å²) in [7, 11) is 0. The Kier molecular flexibility index (Phi) is 3.61. The zero-order valence-electron chi connectivity index (χ0n) is 11.2. The van der Waals surface area contributed by atoms with Crippen LogP contribution in [0.1, 0.15) is 29.6 Å². The normalized spacial score (nSPS) is 30.4. The second-order valence-corrected chi connectivity index (χ2v) is 6.26. The fourth-order valence-electron chi connectivity index (χ4n) is 3.75. The molecule has 4 unspecified atom stereocenters. The van der Waals surface area contributed by atoms with E-state index in [0.29, 0.717) is 0 Å². The predicted octanol–water partition coefficient (Wildman–Crippen LogP) is 2.71. The largest absolute Gasteiger partial charge is 0.481 e. The lowest BCUT2D eigenvalue weighted by atomic mass is 9.84. The first kappa shape index (κ1) is 14.3. The number of benzene rings is 1. The van der Waals surface area contributed by atoms with Crippen LogP contribution in [-0.2, 0) is 4.79 Å². The number of rotatable bonds is 3. The molecular formula is C15H15ClFNO3. The van der Waals surface area contributed by atoms with Crippen LogP contribution in [0.2, 0.25) is 5.02 Å². The number of fused-ring (bicyclic) bond motifs is 2. The average Bonchev–Trinajstić information content (AvgIpc) is 3.02. The van der Waals surface area contributed by atoms with Crippen molar-refractivity contribution in [3.05, 3.63) is 34.6 Å². The third-order valence-electron chi connectivity index (χ3n) is 4.67. The number of hydrogen-bond acceptors (Lipinski definition) is 2. The number of hydrogen-bond donors (Lipinski definition) is 2. The summed E-state index contributed by atoms with van der Waals surface area (Å²) in [4.78, 5) is 23.6. The van der Waals surface area contributed by atoms with Crippen LogP contribution in [-0.4, -0.2) is 23.0 Å². The van der Waals surface area contributed by atoms with Crippen LogP contribution in [0.3, 0.4) is 0 Å². The van der Waals surface area contributed by atoms with Gasteiger partial charge in [0.05, 0.1) is 11.5 Å². The molecule has 112 valence electrons. The van der Waals surface area contributed by atoms with Crippen LogP contribution in [0, 0.1) is 23.6 Å². The van der Waals surface area contributed by atoms with Crippen LogP contribution < -0.4 is 5.32 Å². The van der Waals surface area contributed by atoms with Gasteiger partial charge in [0.2, 0.25) is 0 Å². The summed E-state index contributed by atoms with van der Waals surface area (Å²) in [6, 6.07) is 3.33. The van der Waals surface area contributed by atoms with Crippen LogP contribution in [0.4, 0.5) is 4.39 Å². The van der Waals surface area contributed by atoms with E-state index in [1.165, 1.54) is 12.1 Å². The highest BCUT2D eigenvalue weighted by molar-refractivity contribution is 6.31. The summed E-state index contributed by atoms with van der Waals surface area (Å²) in [6.45, 7) is 0. The van der Waals surface area contributed by atoms with Crippen molar-refractivity contribution in [1.82, 2.24) is 5.32 Å². The minimum atomic E-state index is -0.890. The highest BCUT2D eigenvalue weighted by atomic mass is 35.5. The fourth-order valence-corrected chi connectivity index (χ4v) is 3.93. The molecule has 0 radical (unpaired) electrons. The number of carboxylic acid groups (broad SMARTS) is 1. The monoisotopic (exact) mass is 311 g/mol. The third-order valence-corrected chi connectivity index (χ3v) is 4.91. The molecule has 2 aliphatic carbocycles. The minimum Gasteiger partial charge on any atom is -0.481 e. The summed E-state index contributed by atoms with van der Waals surface area (Å²) in [6.07, 6.45) is 2.62. The van der Waals surface area contributed by atoms with Crippen LogP contribution >= 0.6 is 11.6 Å². The molecule has 0 saturated heterocycles. The molecule has 2 N–H and O–H groups in total. The van der Waals surface area contributed by atoms with Crippen molar-refractivity contribution in [2.75, 3.05) is 0 Å². The molecule has 2 fully saturated rings. The van der Waals surface area contributed by atoms with Gasteiger partial charge in [-0.05, 0) is 49.3 Å². The van der Waals surface area contributed by atoms with E-state index >= 15 is 0 Å². The van der Waals surface area contributed by atoms with Gasteiger partial charge in [-0.2, -0.15) is 0 Å². The van der Waals surface area contributed by atoms with Gasteiger partial charge in [0.15, 0.2) is 0 Å². The molecule has 3 rings (SSSR count). The molecule has 0 aromatic heterocycles. The first-order valence-electron chi connectivity index (χ1n) is 6.96. The molecule has 21 heavy (non-hydrogen) atoms. The van der Waals surface area contributed by atoms with E-state index in [1.807, 2.05) is 0 Å². The quantitative estimate of drug-likeness (QED) is 0.902. The van der Waals surface area contributed by atoms with Crippen molar-refractivity contribution >= 4 is 23.5 Å². The Hall–Kier alpha value is -1.62. The lowest BCUT2D eigenvalue weighted by molar-refractivity contribution is -0.144. The van der Waals surface area contributed by atoms with Gasteiger partial charge in [-0.15, -0.1) is 0 Å². The van der Waals surface area contributed by atoms with Gasteiger partial charge in [0, 0.05) is 11.1 Å². The highest BCUT2D eigenvalue weighted by Gasteiger charge is 2.51. The van der Waals surface area contributed by atoms with Crippen LogP contribution in [0.15, 0.2) is 18.2 Å². The number of amides is 1. The number of carbonyl (C=O) groups excluding carboxylic acids is 1. The molecule has 4 atom stereocenters. The van der Waals surface area contributed by atoms with Gasteiger partial charge in [-0.3, -0.25) is 9.59 Å². The lowest BCUT2D eigenvalue weighted by Gasteiger charge is -2.28. The molecule has 0 aliphatic heterocycles. The van der Waals surface area contributed by atoms with Crippen molar-refractivity contribution in [3.8, 4) is 0 Å². The number of aliphatic carboxylic acids is 1. The van der Waals surface area contributed by atoms with Gasteiger partial charge in [0.25, 0.3) is 5.91 Å². The van der Waals surface area contributed by atoms with Gasteiger partial charge < -0.3 is 10.4 Å². The van der Waals surface area contributed by atoms with E-state index in [-0.39, 0.29) is 22.4 Å². The fraction of sp³-hybridized carbons (Fsp3) is 0.467. The Morgan fingerprint density at radius 1 is 1.29 bits per heavy atom. The van der Waals surface area contributed by atoms with Crippen molar-refractivity contribution in [2.45, 2.75) is 25.3 Å². The van der Waals surface area contributed by atoms with Gasteiger partial charge in [0.1, 0.15) is 5.82 Å².